The Morgan fingerprint density at radius 1 is 1.35 bits per heavy atom. The van der Waals surface area contributed by atoms with Crippen LogP contribution in [0.3, 0.4) is 0 Å². The van der Waals surface area contributed by atoms with E-state index >= 15 is 0 Å². The van der Waals surface area contributed by atoms with E-state index in [9.17, 15) is 9.59 Å². The molecule has 2 rings (SSSR count). The van der Waals surface area contributed by atoms with Gasteiger partial charge in [-0.05, 0) is 37.2 Å². The summed E-state index contributed by atoms with van der Waals surface area (Å²) < 4.78 is 0. The fraction of sp³-hybridized carbons (Fsp3) is 0.333. The number of carbonyl (C=O) groups excluding carboxylic acids is 2. The number of hydrogen-bond acceptors (Lipinski definition) is 3. The summed E-state index contributed by atoms with van der Waals surface area (Å²) >= 11 is 0. The van der Waals surface area contributed by atoms with E-state index in [-0.39, 0.29) is 17.7 Å². The molecule has 1 unspecified atom stereocenters. The van der Waals surface area contributed by atoms with E-state index in [4.69, 9.17) is 0 Å². The van der Waals surface area contributed by atoms with Gasteiger partial charge in [-0.1, -0.05) is 6.08 Å². The van der Waals surface area contributed by atoms with Gasteiger partial charge in [0.15, 0.2) is 0 Å². The third-order valence-electron chi connectivity index (χ3n) is 3.25. The Hall–Kier alpha value is -2.14. The third-order valence-corrected chi connectivity index (χ3v) is 3.25. The predicted molar refractivity (Wildman–Crippen MR) is 78.6 cm³/mol. The van der Waals surface area contributed by atoms with Gasteiger partial charge in [0.2, 0.25) is 5.91 Å². The average molecular weight is 273 g/mol. The molecule has 0 saturated carbocycles. The van der Waals surface area contributed by atoms with Gasteiger partial charge in [-0.15, -0.1) is 6.58 Å². The molecule has 0 radical (unpaired) electrons. The molecule has 1 aromatic carbocycles. The molecule has 0 aromatic heterocycles. The Kier molecular flexibility index (Phi) is 4.90. The molecule has 5 heteroatoms. The van der Waals surface area contributed by atoms with E-state index in [0.717, 1.165) is 19.5 Å². The van der Waals surface area contributed by atoms with Crippen LogP contribution in [0, 0.1) is 5.92 Å². The highest BCUT2D eigenvalue weighted by molar-refractivity contribution is 5.96. The molecule has 106 valence electrons. The van der Waals surface area contributed by atoms with E-state index in [1.807, 2.05) is 0 Å². The number of nitrogens with one attached hydrogen (secondary N) is 3. The molecule has 5 nitrogen and oxygen atoms in total. The van der Waals surface area contributed by atoms with Crippen molar-refractivity contribution in [2.75, 3.05) is 25.0 Å². The van der Waals surface area contributed by atoms with Crippen LogP contribution < -0.4 is 16.0 Å². The number of rotatable bonds is 5. The van der Waals surface area contributed by atoms with E-state index in [0.29, 0.717) is 17.8 Å². The van der Waals surface area contributed by atoms with Crippen molar-refractivity contribution in [3.8, 4) is 0 Å². The summed E-state index contributed by atoms with van der Waals surface area (Å²) in [6.45, 7) is 5.60. The van der Waals surface area contributed by atoms with Gasteiger partial charge in [-0.25, -0.2) is 0 Å². The molecule has 0 spiro atoms. The molecule has 2 amide bonds. The summed E-state index contributed by atoms with van der Waals surface area (Å²) in [5, 5.41) is 8.73. The zero-order valence-electron chi connectivity index (χ0n) is 11.3. The number of anilines is 1. The Labute approximate surface area is 118 Å². The summed E-state index contributed by atoms with van der Waals surface area (Å²) in [5.74, 6) is -0.0906. The first kappa shape index (κ1) is 14.3. The second-order valence-electron chi connectivity index (χ2n) is 4.76. The van der Waals surface area contributed by atoms with E-state index in [1.165, 1.54) is 0 Å². The Balaban J connectivity index is 1.92. The Morgan fingerprint density at radius 2 is 2.10 bits per heavy atom. The molecule has 0 bridgehead atoms. The van der Waals surface area contributed by atoms with Gasteiger partial charge in [0.05, 0.1) is 5.92 Å². The second kappa shape index (κ2) is 6.86. The minimum Gasteiger partial charge on any atom is -0.349 e. The van der Waals surface area contributed by atoms with Gasteiger partial charge in [-0.3, -0.25) is 9.59 Å². The monoisotopic (exact) mass is 273 g/mol. The normalized spacial score (nSPS) is 17.5. The minimum atomic E-state index is -0.150. The zero-order valence-corrected chi connectivity index (χ0v) is 11.3. The van der Waals surface area contributed by atoms with Crippen molar-refractivity contribution in [1.82, 2.24) is 10.6 Å². The van der Waals surface area contributed by atoms with Crippen LogP contribution in [0.1, 0.15) is 16.8 Å². The number of amides is 2. The summed E-state index contributed by atoms with van der Waals surface area (Å²) in [6.07, 6.45) is 2.50. The number of hydrogen-bond donors (Lipinski definition) is 3. The van der Waals surface area contributed by atoms with Crippen LogP contribution in [0.4, 0.5) is 5.69 Å². The van der Waals surface area contributed by atoms with Crippen molar-refractivity contribution >= 4 is 17.5 Å². The number of carbonyl (C=O) groups is 2. The van der Waals surface area contributed by atoms with Gasteiger partial charge in [-0.2, -0.15) is 0 Å². The highest BCUT2D eigenvalue weighted by Gasteiger charge is 2.22. The molecular formula is C15H19N3O2. The molecule has 1 aliphatic heterocycles. The van der Waals surface area contributed by atoms with Crippen LogP contribution in [-0.4, -0.2) is 31.4 Å². The summed E-state index contributed by atoms with van der Waals surface area (Å²) in [7, 11) is 0. The highest BCUT2D eigenvalue weighted by Crippen LogP contribution is 2.14. The standard InChI is InChI=1S/C15H19N3O2/c1-2-8-17-14(19)11-3-5-13(6-4-11)18-15(20)12-7-9-16-10-12/h2-6,12,16H,1,7-10H2,(H,17,19)(H,18,20). The van der Waals surface area contributed by atoms with Crippen LogP contribution in [0.5, 0.6) is 0 Å². The minimum absolute atomic E-state index is 0.0267. The van der Waals surface area contributed by atoms with Gasteiger partial charge < -0.3 is 16.0 Å². The van der Waals surface area contributed by atoms with Crippen LogP contribution in [0.15, 0.2) is 36.9 Å². The summed E-state index contributed by atoms with van der Waals surface area (Å²) in [4.78, 5) is 23.6. The largest absolute Gasteiger partial charge is 0.349 e. The van der Waals surface area contributed by atoms with E-state index in [2.05, 4.69) is 22.5 Å². The van der Waals surface area contributed by atoms with Gasteiger partial charge in [0.1, 0.15) is 0 Å². The molecule has 1 aromatic rings. The summed E-state index contributed by atoms with van der Waals surface area (Å²) in [5.41, 5.74) is 1.27. The lowest BCUT2D eigenvalue weighted by Crippen LogP contribution is -2.25. The fourth-order valence-electron chi connectivity index (χ4n) is 2.09. The Morgan fingerprint density at radius 3 is 2.70 bits per heavy atom. The van der Waals surface area contributed by atoms with E-state index < -0.39 is 0 Å². The predicted octanol–water partition coefficient (Wildman–Crippen LogP) is 1.15. The van der Waals surface area contributed by atoms with Gasteiger partial charge in [0.25, 0.3) is 5.91 Å². The van der Waals surface area contributed by atoms with Crippen molar-refractivity contribution in [3.63, 3.8) is 0 Å². The molecule has 1 aliphatic rings. The van der Waals surface area contributed by atoms with Crippen LogP contribution in [-0.2, 0) is 4.79 Å². The first-order valence-corrected chi connectivity index (χ1v) is 6.71. The zero-order chi connectivity index (χ0) is 14.4. The molecule has 1 fully saturated rings. The van der Waals surface area contributed by atoms with Crippen molar-refractivity contribution in [2.24, 2.45) is 5.92 Å². The SMILES string of the molecule is C=CCNC(=O)c1ccc(NC(=O)C2CCNC2)cc1. The van der Waals surface area contributed by atoms with Crippen molar-refractivity contribution in [2.45, 2.75) is 6.42 Å². The molecular weight excluding hydrogens is 254 g/mol. The lowest BCUT2D eigenvalue weighted by Gasteiger charge is -2.10. The summed E-state index contributed by atoms with van der Waals surface area (Å²) in [6, 6.07) is 6.87. The fourth-order valence-corrected chi connectivity index (χ4v) is 2.09. The lowest BCUT2D eigenvalue weighted by molar-refractivity contribution is -0.119. The molecule has 1 saturated heterocycles. The molecule has 1 atom stereocenters. The van der Waals surface area contributed by atoms with Crippen molar-refractivity contribution in [3.05, 3.63) is 42.5 Å². The van der Waals surface area contributed by atoms with Crippen LogP contribution in [0.2, 0.25) is 0 Å². The van der Waals surface area contributed by atoms with Crippen LogP contribution >= 0.6 is 0 Å². The maximum Gasteiger partial charge on any atom is 0.251 e. The second-order valence-corrected chi connectivity index (χ2v) is 4.76. The highest BCUT2D eigenvalue weighted by atomic mass is 16.2. The quantitative estimate of drug-likeness (QED) is 0.705. The third kappa shape index (κ3) is 3.68. The van der Waals surface area contributed by atoms with E-state index in [1.54, 1.807) is 30.3 Å². The van der Waals surface area contributed by atoms with Crippen LogP contribution in [0.25, 0.3) is 0 Å². The smallest absolute Gasteiger partial charge is 0.251 e. The Bertz CT molecular complexity index is 490. The molecule has 3 N–H and O–H groups in total. The maximum absolute atomic E-state index is 11.9. The van der Waals surface area contributed by atoms with Gasteiger partial charge >= 0.3 is 0 Å². The van der Waals surface area contributed by atoms with Crippen molar-refractivity contribution < 1.29 is 9.59 Å². The average Bonchev–Trinajstić information content (AvgIpc) is 3.00. The first-order valence-electron chi connectivity index (χ1n) is 6.71. The first-order chi connectivity index (χ1) is 9.70. The lowest BCUT2D eigenvalue weighted by atomic mass is 10.1. The van der Waals surface area contributed by atoms with Gasteiger partial charge in [0, 0.05) is 24.3 Å². The molecule has 0 aliphatic carbocycles. The molecule has 20 heavy (non-hydrogen) atoms. The number of benzene rings is 1. The van der Waals surface area contributed by atoms with Crippen molar-refractivity contribution in [1.29, 1.82) is 0 Å². The maximum atomic E-state index is 11.9. The molecule has 1 heterocycles. The topological polar surface area (TPSA) is 70.2 Å².